The van der Waals surface area contributed by atoms with Gasteiger partial charge in [0.1, 0.15) is 0 Å². The third-order valence-electron chi connectivity index (χ3n) is 4.51. The third kappa shape index (κ3) is 3.00. The summed E-state index contributed by atoms with van der Waals surface area (Å²) in [5.74, 6) is 1.39. The number of hydrogen-bond acceptors (Lipinski definition) is 3. The van der Waals surface area contributed by atoms with Crippen molar-refractivity contribution in [2.75, 3.05) is 6.79 Å². The lowest BCUT2D eigenvalue weighted by atomic mass is 9.88. The summed E-state index contributed by atoms with van der Waals surface area (Å²) < 4.78 is 10.6. The number of ether oxygens (including phenoxy) is 2. The number of hydrogen-bond donors (Lipinski definition) is 1. The van der Waals surface area contributed by atoms with Gasteiger partial charge in [0.15, 0.2) is 11.5 Å². The first kappa shape index (κ1) is 14.8. The largest absolute Gasteiger partial charge is 0.454 e. The Balaban J connectivity index is 1.44. The zero-order chi connectivity index (χ0) is 16.4. The molecule has 0 bridgehead atoms. The van der Waals surface area contributed by atoms with E-state index in [-0.39, 0.29) is 18.7 Å². The topological polar surface area (TPSA) is 47.6 Å². The molecule has 0 radical (unpaired) electrons. The van der Waals surface area contributed by atoms with Crippen molar-refractivity contribution in [3.8, 4) is 11.5 Å². The van der Waals surface area contributed by atoms with E-state index in [0.717, 1.165) is 36.3 Å². The summed E-state index contributed by atoms with van der Waals surface area (Å²) in [6.07, 6.45) is 6.56. The van der Waals surface area contributed by atoms with E-state index in [9.17, 15) is 4.79 Å². The number of benzene rings is 2. The van der Waals surface area contributed by atoms with Crippen molar-refractivity contribution in [2.45, 2.75) is 25.3 Å². The molecule has 122 valence electrons. The molecule has 1 unspecified atom stereocenters. The lowest BCUT2D eigenvalue weighted by Crippen LogP contribution is -2.29. The van der Waals surface area contributed by atoms with Gasteiger partial charge in [-0.2, -0.15) is 0 Å². The summed E-state index contributed by atoms with van der Waals surface area (Å²) in [6, 6.07) is 14.1. The standard InChI is InChI=1S/C20H19NO3/c22-20(11-9-14-8-10-18-19(12-14)24-13-23-18)21-17-7-3-5-15-4-1-2-6-16(15)17/h1-2,4,6,8-12,17H,3,5,7,13H2,(H,21,22). The van der Waals surface area contributed by atoms with Gasteiger partial charge in [-0.3, -0.25) is 4.79 Å². The Kier molecular flexibility index (Phi) is 3.95. The van der Waals surface area contributed by atoms with Gasteiger partial charge in [0.2, 0.25) is 12.7 Å². The highest BCUT2D eigenvalue weighted by atomic mass is 16.7. The number of amides is 1. The molecule has 4 rings (SSSR count). The molecular formula is C20H19NO3. The molecule has 0 saturated carbocycles. The Labute approximate surface area is 141 Å². The van der Waals surface area contributed by atoms with Crippen LogP contribution < -0.4 is 14.8 Å². The second-order valence-corrected chi connectivity index (χ2v) is 6.10. The minimum Gasteiger partial charge on any atom is -0.454 e. The van der Waals surface area contributed by atoms with Crippen molar-refractivity contribution in [3.63, 3.8) is 0 Å². The maximum absolute atomic E-state index is 12.3. The predicted molar refractivity (Wildman–Crippen MR) is 91.9 cm³/mol. The number of nitrogens with one attached hydrogen (secondary N) is 1. The van der Waals surface area contributed by atoms with Gasteiger partial charge in [0.25, 0.3) is 0 Å². The Hall–Kier alpha value is -2.75. The first-order valence-corrected chi connectivity index (χ1v) is 8.25. The van der Waals surface area contributed by atoms with E-state index in [1.165, 1.54) is 11.1 Å². The molecule has 1 amide bonds. The molecule has 4 heteroatoms. The van der Waals surface area contributed by atoms with E-state index in [1.54, 1.807) is 12.2 Å². The molecule has 1 aliphatic heterocycles. The molecule has 0 aromatic heterocycles. The smallest absolute Gasteiger partial charge is 0.244 e. The summed E-state index contributed by atoms with van der Waals surface area (Å²) in [5, 5.41) is 3.12. The maximum atomic E-state index is 12.3. The zero-order valence-electron chi connectivity index (χ0n) is 13.3. The Bertz CT molecular complexity index is 797. The minimum absolute atomic E-state index is 0.0747. The summed E-state index contributed by atoms with van der Waals surface area (Å²) in [5.41, 5.74) is 3.50. The van der Waals surface area contributed by atoms with E-state index < -0.39 is 0 Å². The van der Waals surface area contributed by atoms with Gasteiger partial charge in [-0.05, 0) is 54.2 Å². The van der Waals surface area contributed by atoms with Gasteiger partial charge in [0.05, 0.1) is 6.04 Å². The van der Waals surface area contributed by atoms with Gasteiger partial charge in [-0.1, -0.05) is 30.3 Å². The van der Waals surface area contributed by atoms with Gasteiger partial charge >= 0.3 is 0 Å². The van der Waals surface area contributed by atoms with Crippen LogP contribution in [-0.4, -0.2) is 12.7 Å². The van der Waals surface area contributed by atoms with E-state index in [0.29, 0.717) is 0 Å². The second-order valence-electron chi connectivity index (χ2n) is 6.10. The SMILES string of the molecule is O=C(C=Cc1ccc2c(c1)OCO2)NC1CCCc2ccccc21. The van der Waals surface area contributed by atoms with E-state index >= 15 is 0 Å². The zero-order valence-corrected chi connectivity index (χ0v) is 13.3. The number of fused-ring (bicyclic) bond motifs is 2. The summed E-state index contributed by atoms with van der Waals surface area (Å²) in [7, 11) is 0. The molecule has 0 fully saturated rings. The molecule has 2 aliphatic rings. The highest BCUT2D eigenvalue weighted by Gasteiger charge is 2.20. The minimum atomic E-state index is -0.0747. The van der Waals surface area contributed by atoms with Crippen molar-refractivity contribution < 1.29 is 14.3 Å². The maximum Gasteiger partial charge on any atom is 0.244 e. The molecule has 2 aromatic carbocycles. The lowest BCUT2D eigenvalue weighted by molar-refractivity contribution is -0.117. The first-order chi connectivity index (χ1) is 11.8. The van der Waals surface area contributed by atoms with Crippen molar-refractivity contribution >= 4 is 12.0 Å². The van der Waals surface area contributed by atoms with Crippen molar-refractivity contribution in [2.24, 2.45) is 0 Å². The molecule has 2 aromatic rings. The van der Waals surface area contributed by atoms with Crippen LogP contribution >= 0.6 is 0 Å². The number of aryl methyl sites for hydroxylation is 1. The van der Waals surface area contributed by atoms with Crippen molar-refractivity contribution in [1.82, 2.24) is 5.32 Å². The van der Waals surface area contributed by atoms with Gasteiger partial charge in [-0.25, -0.2) is 0 Å². The molecule has 0 saturated heterocycles. The first-order valence-electron chi connectivity index (χ1n) is 8.25. The Morgan fingerprint density at radius 2 is 2.00 bits per heavy atom. The highest BCUT2D eigenvalue weighted by Crippen LogP contribution is 2.33. The van der Waals surface area contributed by atoms with Crippen LogP contribution in [0.3, 0.4) is 0 Å². The highest BCUT2D eigenvalue weighted by molar-refractivity contribution is 5.92. The van der Waals surface area contributed by atoms with Gasteiger partial charge in [-0.15, -0.1) is 0 Å². The normalized spacial score (nSPS) is 18.4. The fourth-order valence-electron chi connectivity index (χ4n) is 3.31. The van der Waals surface area contributed by atoms with Crippen molar-refractivity contribution in [3.05, 3.63) is 65.2 Å². The van der Waals surface area contributed by atoms with Crippen LogP contribution in [0.15, 0.2) is 48.5 Å². The molecule has 1 atom stereocenters. The predicted octanol–water partition coefficient (Wildman–Crippen LogP) is 3.62. The lowest BCUT2D eigenvalue weighted by Gasteiger charge is -2.25. The Morgan fingerprint density at radius 3 is 2.96 bits per heavy atom. The molecule has 1 heterocycles. The van der Waals surface area contributed by atoms with Crippen LogP contribution in [0.2, 0.25) is 0 Å². The monoisotopic (exact) mass is 321 g/mol. The van der Waals surface area contributed by atoms with E-state index in [1.807, 2.05) is 24.3 Å². The number of rotatable bonds is 3. The molecular weight excluding hydrogens is 302 g/mol. The number of carbonyl (C=O) groups is 1. The fraction of sp³-hybridized carbons (Fsp3) is 0.250. The summed E-state index contributed by atoms with van der Waals surface area (Å²) in [4.78, 5) is 12.3. The molecule has 24 heavy (non-hydrogen) atoms. The molecule has 1 aliphatic carbocycles. The van der Waals surface area contributed by atoms with Gasteiger partial charge < -0.3 is 14.8 Å². The quantitative estimate of drug-likeness (QED) is 0.878. The van der Waals surface area contributed by atoms with Crippen LogP contribution in [-0.2, 0) is 11.2 Å². The Morgan fingerprint density at radius 1 is 1.12 bits per heavy atom. The van der Waals surface area contributed by atoms with Crippen LogP contribution in [0.1, 0.15) is 35.6 Å². The van der Waals surface area contributed by atoms with E-state index in [4.69, 9.17) is 9.47 Å². The van der Waals surface area contributed by atoms with Crippen LogP contribution in [0, 0.1) is 0 Å². The van der Waals surface area contributed by atoms with Crippen molar-refractivity contribution in [1.29, 1.82) is 0 Å². The molecule has 4 nitrogen and oxygen atoms in total. The average Bonchev–Trinajstić information content (AvgIpc) is 3.08. The van der Waals surface area contributed by atoms with Crippen LogP contribution in [0.4, 0.5) is 0 Å². The molecule has 0 spiro atoms. The second kappa shape index (κ2) is 6.40. The number of carbonyl (C=O) groups excluding carboxylic acids is 1. The third-order valence-corrected chi connectivity index (χ3v) is 4.51. The van der Waals surface area contributed by atoms with Crippen LogP contribution in [0.25, 0.3) is 6.08 Å². The molecule has 1 N–H and O–H groups in total. The van der Waals surface area contributed by atoms with Gasteiger partial charge in [0, 0.05) is 6.08 Å². The summed E-state index contributed by atoms with van der Waals surface area (Å²) in [6.45, 7) is 0.254. The van der Waals surface area contributed by atoms with E-state index in [2.05, 4.69) is 23.5 Å². The van der Waals surface area contributed by atoms with Crippen LogP contribution in [0.5, 0.6) is 11.5 Å². The fourth-order valence-corrected chi connectivity index (χ4v) is 3.31. The average molecular weight is 321 g/mol. The summed E-state index contributed by atoms with van der Waals surface area (Å²) >= 11 is 0.